The van der Waals surface area contributed by atoms with Gasteiger partial charge in [-0.2, -0.15) is 0 Å². The Labute approximate surface area is 80.7 Å². The first-order chi connectivity index (χ1) is 6.86. The summed E-state index contributed by atoms with van der Waals surface area (Å²) in [6.45, 7) is 0. The van der Waals surface area contributed by atoms with Crippen LogP contribution in [0.15, 0.2) is 35.3 Å². The Balaban J connectivity index is 2.56. The second kappa shape index (κ2) is 2.48. The van der Waals surface area contributed by atoms with Crippen molar-refractivity contribution in [1.29, 1.82) is 0 Å². The van der Waals surface area contributed by atoms with E-state index in [1.807, 2.05) is 24.3 Å². The smallest absolute Gasteiger partial charge is 0.141 e. The lowest BCUT2D eigenvalue weighted by Gasteiger charge is -2.13. The molecule has 3 nitrogen and oxygen atoms in total. The Hall–Kier alpha value is -2.03. The Morgan fingerprint density at radius 3 is 3.00 bits per heavy atom. The van der Waals surface area contributed by atoms with E-state index in [1.54, 1.807) is 12.4 Å². The molecule has 0 fully saturated rings. The van der Waals surface area contributed by atoms with Crippen molar-refractivity contribution in [3.8, 4) is 5.75 Å². The molecule has 3 rings (SSSR count). The van der Waals surface area contributed by atoms with E-state index in [-0.39, 0.29) is 5.75 Å². The third kappa shape index (κ3) is 0.836. The number of benzene rings is 2. The SMILES string of the molecule is Oc1ccc2cccc3c2c1N=CN3. The summed E-state index contributed by atoms with van der Waals surface area (Å²) in [5.74, 6) is 0.225. The number of rotatable bonds is 0. The highest BCUT2D eigenvalue weighted by Gasteiger charge is 2.11. The monoisotopic (exact) mass is 184 g/mol. The molecule has 0 saturated carbocycles. The lowest BCUT2D eigenvalue weighted by Crippen LogP contribution is -1.99. The number of nitrogens with zero attached hydrogens (tertiary/aromatic N) is 1. The van der Waals surface area contributed by atoms with Crippen molar-refractivity contribution in [1.82, 2.24) is 0 Å². The first-order valence-corrected chi connectivity index (χ1v) is 4.40. The summed E-state index contributed by atoms with van der Waals surface area (Å²) < 4.78 is 0. The van der Waals surface area contributed by atoms with E-state index in [9.17, 15) is 5.11 Å². The molecule has 2 aromatic rings. The van der Waals surface area contributed by atoms with Gasteiger partial charge in [-0.3, -0.25) is 0 Å². The van der Waals surface area contributed by atoms with Gasteiger partial charge in [0.1, 0.15) is 11.4 Å². The normalized spacial score (nSPS) is 12.9. The molecule has 0 amide bonds. The van der Waals surface area contributed by atoms with Crippen LogP contribution < -0.4 is 5.32 Å². The molecule has 3 heteroatoms. The van der Waals surface area contributed by atoms with Crippen molar-refractivity contribution in [3.63, 3.8) is 0 Å². The molecule has 0 unspecified atom stereocenters. The van der Waals surface area contributed by atoms with Gasteiger partial charge in [0.2, 0.25) is 0 Å². The maximum absolute atomic E-state index is 9.63. The summed E-state index contributed by atoms with van der Waals surface area (Å²) in [4.78, 5) is 4.12. The second-order valence-electron chi connectivity index (χ2n) is 3.24. The topological polar surface area (TPSA) is 44.6 Å². The molecule has 0 spiro atoms. The van der Waals surface area contributed by atoms with Crippen molar-refractivity contribution in [2.45, 2.75) is 0 Å². The number of aliphatic imine (C=N–C) groups is 1. The van der Waals surface area contributed by atoms with Gasteiger partial charge in [0.05, 0.1) is 6.34 Å². The van der Waals surface area contributed by atoms with E-state index in [1.165, 1.54) is 0 Å². The highest BCUT2D eigenvalue weighted by molar-refractivity contribution is 6.09. The summed E-state index contributed by atoms with van der Waals surface area (Å²) in [6, 6.07) is 9.51. The molecule has 0 aliphatic carbocycles. The molecule has 1 heterocycles. The molecule has 1 aliphatic heterocycles. The number of phenolic OH excluding ortho intramolecular Hbond substituents is 1. The van der Waals surface area contributed by atoms with Gasteiger partial charge in [-0.25, -0.2) is 4.99 Å². The van der Waals surface area contributed by atoms with Gasteiger partial charge in [0.25, 0.3) is 0 Å². The van der Waals surface area contributed by atoms with Crippen LogP contribution in [0, 0.1) is 0 Å². The van der Waals surface area contributed by atoms with Gasteiger partial charge in [-0.15, -0.1) is 0 Å². The van der Waals surface area contributed by atoms with E-state index < -0.39 is 0 Å². The van der Waals surface area contributed by atoms with Crippen molar-refractivity contribution in [2.24, 2.45) is 4.99 Å². The van der Waals surface area contributed by atoms with Crippen LogP contribution in [-0.4, -0.2) is 11.4 Å². The summed E-state index contributed by atoms with van der Waals surface area (Å²) in [6.07, 6.45) is 1.59. The lowest BCUT2D eigenvalue weighted by molar-refractivity contribution is 0.477. The van der Waals surface area contributed by atoms with Gasteiger partial charge in [-0.05, 0) is 17.5 Å². The summed E-state index contributed by atoms with van der Waals surface area (Å²) in [5.41, 5.74) is 1.64. The largest absolute Gasteiger partial charge is 0.506 e. The molecule has 0 radical (unpaired) electrons. The molecule has 0 aromatic heterocycles. The van der Waals surface area contributed by atoms with Crippen LogP contribution in [0.25, 0.3) is 10.8 Å². The third-order valence-electron chi connectivity index (χ3n) is 2.41. The van der Waals surface area contributed by atoms with E-state index in [0.717, 1.165) is 16.5 Å². The van der Waals surface area contributed by atoms with Crippen LogP contribution in [-0.2, 0) is 0 Å². The molecule has 2 N–H and O–H groups in total. The maximum atomic E-state index is 9.63. The summed E-state index contributed by atoms with van der Waals surface area (Å²) in [5, 5.41) is 14.7. The van der Waals surface area contributed by atoms with E-state index in [0.29, 0.717) is 5.69 Å². The number of aromatic hydroxyl groups is 1. The minimum atomic E-state index is 0.225. The molecular weight excluding hydrogens is 176 g/mol. The van der Waals surface area contributed by atoms with Crippen LogP contribution in [0.4, 0.5) is 11.4 Å². The zero-order chi connectivity index (χ0) is 9.54. The van der Waals surface area contributed by atoms with Crippen LogP contribution in [0.1, 0.15) is 0 Å². The van der Waals surface area contributed by atoms with Crippen molar-refractivity contribution < 1.29 is 5.11 Å². The number of phenols is 1. The first kappa shape index (κ1) is 7.38. The predicted molar refractivity (Wildman–Crippen MR) is 57.4 cm³/mol. The van der Waals surface area contributed by atoms with Crippen LogP contribution in [0.5, 0.6) is 5.75 Å². The minimum Gasteiger partial charge on any atom is -0.506 e. The highest BCUT2D eigenvalue weighted by Crippen LogP contribution is 2.40. The van der Waals surface area contributed by atoms with Crippen LogP contribution >= 0.6 is 0 Å². The first-order valence-electron chi connectivity index (χ1n) is 4.40. The molecule has 68 valence electrons. The molecule has 2 aromatic carbocycles. The molecule has 1 aliphatic rings. The van der Waals surface area contributed by atoms with Gasteiger partial charge in [0, 0.05) is 11.1 Å². The molecular formula is C11H8N2O. The zero-order valence-corrected chi connectivity index (χ0v) is 7.36. The van der Waals surface area contributed by atoms with Gasteiger partial charge < -0.3 is 10.4 Å². The number of hydrogen-bond acceptors (Lipinski definition) is 3. The summed E-state index contributed by atoms with van der Waals surface area (Å²) >= 11 is 0. The quantitative estimate of drug-likeness (QED) is 0.661. The van der Waals surface area contributed by atoms with E-state index in [2.05, 4.69) is 10.3 Å². The number of nitrogens with one attached hydrogen (secondary N) is 1. The van der Waals surface area contributed by atoms with Gasteiger partial charge in [0.15, 0.2) is 0 Å². The summed E-state index contributed by atoms with van der Waals surface area (Å²) in [7, 11) is 0. The minimum absolute atomic E-state index is 0.225. The van der Waals surface area contributed by atoms with Gasteiger partial charge in [-0.1, -0.05) is 18.2 Å². The lowest BCUT2D eigenvalue weighted by atomic mass is 10.1. The van der Waals surface area contributed by atoms with Crippen molar-refractivity contribution in [2.75, 3.05) is 5.32 Å². The second-order valence-corrected chi connectivity index (χ2v) is 3.24. The Bertz CT molecular complexity index is 546. The Morgan fingerprint density at radius 1 is 1.14 bits per heavy atom. The average molecular weight is 184 g/mol. The highest BCUT2D eigenvalue weighted by atomic mass is 16.3. The number of hydrogen-bond donors (Lipinski definition) is 2. The predicted octanol–water partition coefficient (Wildman–Crippen LogP) is 2.63. The molecule has 0 atom stereocenters. The fraction of sp³-hybridized carbons (Fsp3) is 0. The Morgan fingerprint density at radius 2 is 2.07 bits per heavy atom. The van der Waals surface area contributed by atoms with Gasteiger partial charge >= 0.3 is 0 Å². The Kier molecular flexibility index (Phi) is 1.31. The fourth-order valence-electron chi connectivity index (χ4n) is 1.77. The van der Waals surface area contributed by atoms with E-state index in [4.69, 9.17) is 0 Å². The maximum Gasteiger partial charge on any atom is 0.141 e. The number of anilines is 1. The van der Waals surface area contributed by atoms with E-state index >= 15 is 0 Å². The van der Waals surface area contributed by atoms with Crippen LogP contribution in [0.2, 0.25) is 0 Å². The zero-order valence-electron chi connectivity index (χ0n) is 7.36. The third-order valence-corrected chi connectivity index (χ3v) is 2.41. The molecule has 0 saturated heterocycles. The average Bonchev–Trinajstić information content (AvgIpc) is 2.24. The fourth-order valence-corrected chi connectivity index (χ4v) is 1.77. The standard InChI is InChI=1S/C11H8N2O/c14-9-5-4-7-2-1-3-8-10(7)11(9)13-6-12-8/h1-6,14H,(H,12,13). The van der Waals surface area contributed by atoms with Crippen molar-refractivity contribution >= 4 is 28.5 Å². The molecule has 14 heavy (non-hydrogen) atoms. The van der Waals surface area contributed by atoms with Crippen molar-refractivity contribution in [3.05, 3.63) is 30.3 Å². The van der Waals surface area contributed by atoms with Crippen LogP contribution in [0.3, 0.4) is 0 Å². The molecule has 0 bridgehead atoms.